The average molecular weight is 262 g/mol. The number of hydrogen-bond donors (Lipinski definition) is 2. The molecule has 0 radical (unpaired) electrons. The van der Waals surface area contributed by atoms with Crippen molar-refractivity contribution in [2.45, 2.75) is 6.92 Å². The Morgan fingerprint density at radius 3 is 2.53 bits per heavy atom. The highest BCUT2D eigenvalue weighted by atomic mass is 16.1. The summed E-state index contributed by atoms with van der Waals surface area (Å²) >= 11 is 0. The molecule has 0 atom stereocenters. The Balaban J connectivity index is 2.11. The summed E-state index contributed by atoms with van der Waals surface area (Å²) < 4.78 is 0. The van der Waals surface area contributed by atoms with Crippen molar-refractivity contribution in [1.29, 1.82) is 0 Å². The van der Waals surface area contributed by atoms with E-state index in [-0.39, 0.29) is 5.91 Å². The summed E-state index contributed by atoms with van der Waals surface area (Å²) in [6.07, 6.45) is 0. The van der Waals surface area contributed by atoms with Gasteiger partial charge in [0.1, 0.15) is 0 Å². The Morgan fingerprint density at radius 2 is 2.00 bits per heavy atom. The number of carbonyl (C=O) groups is 1. The van der Waals surface area contributed by atoms with Crippen LogP contribution >= 0.6 is 0 Å². The number of anilines is 2. The highest BCUT2D eigenvalue weighted by Gasteiger charge is 2.18. The maximum Gasteiger partial charge on any atom is 0.251 e. The minimum absolute atomic E-state index is 0.103. The predicted octanol–water partition coefficient (Wildman–Crippen LogP) is 0.770. The Hall–Kier alpha value is -1.75. The number of likely N-dealkylation sites (N-methyl/N-ethyl adjacent to an activating group) is 1. The van der Waals surface area contributed by atoms with E-state index in [0.717, 1.165) is 38.4 Å². The van der Waals surface area contributed by atoms with Crippen molar-refractivity contribution in [3.8, 4) is 0 Å². The van der Waals surface area contributed by atoms with Crippen LogP contribution in [0.4, 0.5) is 11.4 Å². The number of amides is 1. The third-order valence-corrected chi connectivity index (χ3v) is 3.68. The summed E-state index contributed by atoms with van der Waals surface area (Å²) in [4.78, 5) is 16.3. The first-order valence-electron chi connectivity index (χ1n) is 6.74. The Bertz CT molecular complexity index is 453. The quantitative estimate of drug-likeness (QED) is 0.790. The largest absolute Gasteiger partial charge is 0.397 e. The zero-order chi connectivity index (χ0) is 13.8. The monoisotopic (exact) mass is 262 g/mol. The van der Waals surface area contributed by atoms with Crippen molar-refractivity contribution >= 4 is 17.3 Å². The molecular formula is C14H22N4O. The number of nitrogen functional groups attached to an aromatic ring is 1. The van der Waals surface area contributed by atoms with Crippen LogP contribution in [0.25, 0.3) is 0 Å². The molecule has 0 aliphatic carbocycles. The van der Waals surface area contributed by atoms with Crippen molar-refractivity contribution in [2.75, 3.05) is 50.4 Å². The van der Waals surface area contributed by atoms with E-state index in [1.54, 1.807) is 13.1 Å². The van der Waals surface area contributed by atoms with Gasteiger partial charge in [0, 0.05) is 38.8 Å². The van der Waals surface area contributed by atoms with Gasteiger partial charge in [-0.15, -0.1) is 0 Å². The molecule has 1 fully saturated rings. The molecule has 0 spiro atoms. The van der Waals surface area contributed by atoms with Gasteiger partial charge in [0.2, 0.25) is 0 Å². The fourth-order valence-corrected chi connectivity index (χ4v) is 2.43. The van der Waals surface area contributed by atoms with Crippen molar-refractivity contribution in [2.24, 2.45) is 0 Å². The highest BCUT2D eigenvalue weighted by molar-refractivity contribution is 5.96. The van der Waals surface area contributed by atoms with Crippen LogP contribution in [-0.4, -0.2) is 50.6 Å². The molecular weight excluding hydrogens is 240 g/mol. The molecule has 1 saturated heterocycles. The molecule has 3 N–H and O–H groups in total. The van der Waals surface area contributed by atoms with Gasteiger partial charge in [0.15, 0.2) is 0 Å². The van der Waals surface area contributed by atoms with Gasteiger partial charge < -0.3 is 20.9 Å². The summed E-state index contributed by atoms with van der Waals surface area (Å²) in [6.45, 7) is 7.37. The summed E-state index contributed by atoms with van der Waals surface area (Å²) in [5.74, 6) is -0.103. The Kier molecular flexibility index (Phi) is 4.27. The fourth-order valence-electron chi connectivity index (χ4n) is 2.43. The molecule has 104 valence electrons. The van der Waals surface area contributed by atoms with E-state index in [1.165, 1.54) is 0 Å². The van der Waals surface area contributed by atoms with E-state index >= 15 is 0 Å². The highest BCUT2D eigenvalue weighted by Crippen LogP contribution is 2.25. The molecule has 0 aromatic heterocycles. The lowest BCUT2D eigenvalue weighted by Gasteiger charge is -2.36. The molecule has 2 rings (SSSR count). The molecule has 1 aromatic carbocycles. The summed E-state index contributed by atoms with van der Waals surface area (Å²) in [6, 6.07) is 5.53. The molecule has 0 unspecified atom stereocenters. The minimum atomic E-state index is -0.103. The standard InChI is InChI=1S/C14H22N4O/c1-3-17-6-8-18(9-7-17)13-5-4-11(10-12(13)15)14(19)16-2/h4-5,10H,3,6-9,15H2,1-2H3,(H,16,19). The number of nitrogens with two attached hydrogens (primary N) is 1. The average Bonchev–Trinajstić information content (AvgIpc) is 2.46. The Morgan fingerprint density at radius 1 is 1.32 bits per heavy atom. The maximum atomic E-state index is 11.5. The van der Waals surface area contributed by atoms with Crippen LogP contribution in [0.15, 0.2) is 18.2 Å². The second-order valence-corrected chi connectivity index (χ2v) is 4.77. The fraction of sp³-hybridized carbons (Fsp3) is 0.500. The first-order chi connectivity index (χ1) is 9.15. The maximum absolute atomic E-state index is 11.5. The van der Waals surface area contributed by atoms with Crippen molar-refractivity contribution in [3.63, 3.8) is 0 Å². The van der Waals surface area contributed by atoms with E-state index in [0.29, 0.717) is 11.3 Å². The van der Waals surface area contributed by atoms with Crippen LogP contribution in [0.3, 0.4) is 0 Å². The van der Waals surface area contributed by atoms with Crippen LogP contribution in [0, 0.1) is 0 Å². The van der Waals surface area contributed by atoms with E-state index in [4.69, 9.17) is 5.73 Å². The van der Waals surface area contributed by atoms with Gasteiger partial charge >= 0.3 is 0 Å². The van der Waals surface area contributed by atoms with E-state index < -0.39 is 0 Å². The molecule has 19 heavy (non-hydrogen) atoms. The SMILES string of the molecule is CCN1CCN(c2ccc(C(=O)NC)cc2N)CC1. The second-order valence-electron chi connectivity index (χ2n) is 4.77. The van der Waals surface area contributed by atoms with Crippen molar-refractivity contribution in [3.05, 3.63) is 23.8 Å². The predicted molar refractivity (Wildman–Crippen MR) is 78.6 cm³/mol. The van der Waals surface area contributed by atoms with Crippen LogP contribution in [0.1, 0.15) is 17.3 Å². The molecule has 0 saturated carbocycles. The summed E-state index contributed by atoms with van der Waals surface area (Å²) in [7, 11) is 1.62. The van der Waals surface area contributed by atoms with Gasteiger partial charge in [0.25, 0.3) is 5.91 Å². The number of nitrogens with one attached hydrogen (secondary N) is 1. The van der Waals surface area contributed by atoms with E-state index in [2.05, 4.69) is 22.0 Å². The zero-order valence-corrected chi connectivity index (χ0v) is 11.6. The third kappa shape index (κ3) is 2.98. The van der Waals surface area contributed by atoms with Crippen molar-refractivity contribution in [1.82, 2.24) is 10.2 Å². The molecule has 1 heterocycles. The number of hydrogen-bond acceptors (Lipinski definition) is 4. The minimum Gasteiger partial charge on any atom is -0.397 e. The van der Waals surface area contributed by atoms with Gasteiger partial charge in [-0.2, -0.15) is 0 Å². The number of nitrogens with zero attached hydrogens (tertiary/aromatic N) is 2. The zero-order valence-electron chi connectivity index (χ0n) is 11.6. The smallest absolute Gasteiger partial charge is 0.251 e. The molecule has 1 aliphatic heterocycles. The Labute approximate surface area is 114 Å². The topological polar surface area (TPSA) is 61.6 Å². The second kappa shape index (κ2) is 5.93. The van der Waals surface area contributed by atoms with Gasteiger partial charge in [0.05, 0.1) is 11.4 Å². The molecule has 1 aromatic rings. The lowest BCUT2D eigenvalue weighted by Crippen LogP contribution is -2.46. The number of rotatable bonds is 3. The van der Waals surface area contributed by atoms with Gasteiger partial charge in [-0.3, -0.25) is 4.79 Å². The van der Waals surface area contributed by atoms with Gasteiger partial charge in [-0.1, -0.05) is 6.92 Å². The molecule has 0 bridgehead atoms. The summed E-state index contributed by atoms with van der Waals surface area (Å²) in [5.41, 5.74) is 8.39. The van der Waals surface area contributed by atoms with E-state index in [9.17, 15) is 4.79 Å². The molecule has 5 nitrogen and oxygen atoms in total. The normalized spacial score (nSPS) is 16.4. The van der Waals surface area contributed by atoms with Gasteiger partial charge in [-0.05, 0) is 24.7 Å². The summed E-state index contributed by atoms with van der Waals surface area (Å²) in [5, 5.41) is 2.61. The van der Waals surface area contributed by atoms with E-state index in [1.807, 2.05) is 12.1 Å². The number of carbonyl (C=O) groups excluding carboxylic acids is 1. The lowest BCUT2D eigenvalue weighted by atomic mass is 10.1. The first-order valence-corrected chi connectivity index (χ1v) is 6.74. The van der Waals surface area contributed by atoms with Crippen LogP contribution in [0.2, 0.25) is 0 Å². The number of piperazine rings is 1. The van der Waals surface area contributed by atoms with Crippen LogP contribution < -0.4 is 16.0 Å². The third-order valence-electron chi connectivity index (χ3n) is 3.68. The molecule has 1 aliphatic rings. The van der Waals surface area contributed by atoms with Crippen LogP contribution in [0.5, 0.6) is 0 Å². The lowest BCUT2D eigenvalue weighted by molar-refractivity contribution is 0.0963. The first kappa shape index (κ1) is 13.7. The number of benzene rings is 1. The van der Waals surface area contributed by atoms with Crippen LogP contribution in [-0.2, 0) is 0 Å². The molecule has 1 amide bonds. The molecule has 5 heteroatoms. The van der Waals surface area contributed by atoms with Crippen molar-refractivity contribution < 1.29 is 4.79 Å². The van der Waals surface area contributed by atoms with Gasteiger partial charge in [-0.25, -0.2) is 0 Å².